The topological polar surface area (TPSA) is 29.3 Å². The van der Waals surface area contributed by atoms with Gasteiger partial charge in [0.15, 0.2) is 0 Å². The molecule has 0 saturated carbocycles. The van der Waals surface area contributed by atoms with Crippen molar-refractivity contribution < 1.29 is 8.78 Å². The number of para-hydroxylation sites is 1. The molecule has 0 bridgehead atoms. The molecule has 0 aliphatic rings. The second-order valence-electron chi connectivity index (χ2n) is 4.51. The standard InChI is InChI=1S/C15H16F2N2/c1-10(18)13-7-4-8-14(17)15(13)19(2)12-6-3-5-11(16)9-12/h3-10H,18H2,1-2H3/t10-/m1/s1. The van der Waals surface area contributed by atoms with Gasteiger partial charge in [0.1, 0.15) is 11.6 Å². The van der Waals surface area contributed by atoms with Gasteiger partial charge in [0.2, 0.25) is 0 Å². The van der Waals surface area contributed by atoms with E-state index in [1.807, 2.05) is 0 Å². The molecule has 2 rings (SSSR count). The molecule has 0 unspecified atom stereocenters. The van der Waals surface area contributed by atoms with E-state index in [2.05, 4.69) is 0 Å². The SMILES string of the molecule is C[C@@H](N)c1cccc(F)c1N(C)c1cccc(F)c1. The first-order valence-corrected chi connectivity index (χ1v) is 6.04. The molecule has 0 aliphatic heterocycles. The zero-order chi connectivity index (χ0) is 14.0. The minimum Gasteiger partial charge on any atom is -0.342 e. The lowest BCUT2D eigenvalue weighted by Gasteiger charge is -2.24. The summed E-state index contributed by atoms with van der Waals surface area (Å²) in [6, 6.07) is 10.5. The van der Waals surface area contributed by atoms with Crippen LogP contribution in [0.5, 0.6) is 0 Å². The van der Waals surface area contributed by atoms with Crippen molar-refractivity contribution in [1.29, 1.82) is 0 Å². The molecule has 2 aromatic rings. The van der Waals surface area contributed by atoms with E-state index >= 15 is 0 Å². The van der Waals surface area contributed by atoms with Gasteiger partial charge in [-0.25, -0.2) is 8.78 Å². The van der Waals surface area contributed by atoms with Gasteiger partial charge in [-0.05, 0) is 36.8 Å². The number of anilines is 2. The highest BCUT2D eigenvalue weighted by Gasteiger charge is 2.16. The van der Waals surface area contributed by atoms with E-state index < -0.39 is 0 Å². The third-order valence-electron chi connectivity index (χ3n) is 3.04. The van der Waals surface area contributed by atoms with Crippen LogP contribution in [0.3, 0.4) is 0 Å². The maximum Gasteiger partial charge on any atom is 0.147 e. The molecular weight excluding hydrogens is 246 g/mol. The Kier molecular flexibility index (Phi) is 3.81. The number of nitrogens with zero attached hydrogens (tertiary/aromatic N) is 1. The van der Waals surface area contributed by atoms with Gasteiger partial charge in [0.05, 0.1) is 5.69 Å². The Bertz CT molecular complexity index is 582. The molecule has 2 N–H and O–H groups in total. The third kappa shape index (κ3) is 2.74. The normalized spacial score (nSPS) is 12.3. The van der Waals surface area contributed by atoms with Crippen molar-refractivity contribution in [3.05, 3.63) is 59.7 Å². The third-order valence-corrected chi connectivity index (χ3v) is 3.04. The summed E-state index contributed by atoms with van der Waals surface area (Å²) in [6.45, 7) is 1.79. The molecule has 0 heterocycles. The lowest BCUT2D eigenvalue weighted by Crippen LogP contribution is -2.17. The Labute approximate surface area is 111 Å². The van der Waals surface area contributed by atoms with Crippen molar-refractivity contribution in [3.8, 4) is 0 Å². The Hall–Kier alpha value is -1.94. The molecule has 0 aliphatic carbocycles. The van der Waals surface area contributed by atoms with Crippen LogP contribution in [0.1, 0.15) is 18.5 Å². The number of nitrogens with two attached hydrogens (primary N) is 1. The summed E-state index contributed by atoms with van der Waals surface area (Å²) in [5.41, 5.74) is 7.50. The van der Waals surface area contributed by atoms with Crippen LogP contribution < -0.4 is 10.6 Å². The summed E-state index contributed by atoms with van der Waals surface area (Å²) in [4.78, 5) is 1.61. The van der Waals surface area contributed by atoms with Crippen molar-refractivity contribution in [3.63, 3.8) is 0 Å². The average Bonchev–Trinajstić information content (AvgIpc) is 2.37. The van der Waals surface area contributed by atoms with Gasteiger partial charge in [0, 0.05) is 18.8 Å². The highest BCUT2D eigenvalue weighted by atomic mass is 19.1. The van der Waals surface area contributed by atoms with E-state index in [0.717, 1.165) is 0 Å². The number of halogens is 2. The highest BCUT2D eigenvalue weighted by Crippen LogP contribution is 2.32. The fraction of sp³-hybridized carbons (Fsp3) is 0.200. The van der Waals surface area contributed by atoms with Gasteiger partial charge < -0.3 is 10.6 Å². The first-order valence-electron chi connectivity index (χ1n) is 6.04. The van der Waals surface area contributed by atoms with E-state index in [1.54, 1.807) is 43.1 Å². The van der Waals surface area contributed by atoms with Gasteiger partial charge in [-0.1, -0.05) is 18.2 Å². The minimum atomic E-state index is -0.374. The quantitative estimate of drug-likeness (QED) is 0.912. The van der Waals surface area contributed by atoms with Crippen LogP contribution >= 0.6 is 0 Å². The molecular formula is C15H16F2N2. The van der Waals surface area contributed by atoms with Crippen molar-refractivity contribution in [2.45, 2.75) is 13.0 Å². The first kappa shape index (κ1) is 13.5. The lowest BCUT2D eigenvalue weighted by molar-refractivity contribution is 0.619. The summed E-state index contributed by atoms with van der Waals surface area (Å²) < 4.78 is 27.3. The summed E-state index contributed by atoms with van der Waals surface area (Å²) >= 11 is 0. The zero-order valence-corrected chi connectivity index (χ0v) is 10.9. The molecule has 0 fully saturated rings. The van der Waals surface area contributed by atoms with Gasteiger partial charge in [-0.2, -0.15) is 0 Å². The summed E-state index contributed by atoms with van der Waals surface area (Å²) in [7, 11) is 1.69. The van der Waals surface area contributed by atoms with Crippen LogP contribution in [0.25, 0.3) is 0 Å². The highest BCUT2D eigenvalue weighted by molar-refractivity contribution is 5.67. The molecule has 0 aromatic heterocycles. The molecule has 0 radical (unpaired) electrons. The van der Waals surface area contributed by atoms with Gasteiger partial charge in [0.25, 0.3) is 0 Å². The summed E-state index contributed by atoms with van der Waals surface area (Å²) in [5, 5.41) is 0. The predicted molar refractivity (Wildman–Crippen MR) is 73.5 cm³/mol. The zero-order valence-electron chi connectivity index (χ0n) is 10.9. The molecule has 2 nitrogen and oxygen atoms in total. The van der Waals surface area contributed by atoms with Crippen LogP contribution in [0.2, 0.25) is 0 Å². The van der Waals surface area contributed by atoms with E-state index in [9.17, 15) is 8.78 Å². The maximum atomic E-state index is 14.1. The van der Waals surface area contributed by atoms with E-state index in [0.29, 0.717) is 16.9 Å². The second-order valence-corrected chi connectivity index (χ2v) is 4.51. The number of hydrogen-bond donors (Lipinski definition) is 1. The van der Waals surface area contributed by atoms with Crippen LogP contribution in [0, 0.1) is 11.6 Å². The van der Waals surface area contributed by atoms with E-state index in [-0.39, 0.29) is 17.7 Å². The van der Waals surface area contributed by atoms with Crippen molar-refractivity contribution in [2.75, 3.05) is 11.9 Å². The lowest BCUT2D eigenvalue weighted by atomic mass is 10.1. The van der Waals surface area contributed by atoms with Crippen LogP contribution in [0.15, 0.2) is 42.5 Å². The van der Waals surface area contributed by atoms with Crippen molar-refractivity contribution in [2.24, 2.45) is 5.73 Å². The maximum absolute atomic E-state index is 14.1. The fourth-order valence-corrected chi connectivity index (χ4v) is 2.07. The van der Waals surface area contributed by atoms with E-state index in [1.165, 1.54) is 18.2 Å². The Morgan fingerprint density at radius 3 is 2.42 bits per heavy atom. The Balaban J connectivity index is 2.52. The molecule has 1 atom stereocenters. The van der Waals surface area contributed by atoms with Gasteiger partial charge >= 0.3 is 0 Å². The smallest absolute Gasteiger partial charge is 0.147 e. The van der Waals surface area contributed by atoms with Crippen LogP contribution in [-0.4, -0.2) is 7.05 Å². The molecule has 0 saturated heterocycles. The predicted octanol–water partition coefficient (Wildman–Crippen LogP) is 3.75. The number of rotatable bonds is 3. The molecule has 2 aromatic carbocycles. The molecule has 0 amide bonds. The first-order chi connectivity index (χ1) is 9.00. The molecule has 100 valence electrons. The molecule has 19 heavy (non-hydrogen) atoms. The fourth-order valence-electron chi connectivity index (χ4n) is 2.07. The average molecular weight is 262 g/mol. The Morgan fingerprint density at radius 2 is 1.79 bits per heavy atom. The molecule has 0 spiro atoms. The number of benzene rings is 2. The molecule has 4 heteroatoms. The van der Waals surface area contributed by atoms with Crippen LogP contribution in [-0.2, 0) is 0 Å². The second kappa shape index (κ2) is 5.36. The van der Waals surface area contributed by atoms with Gasteiger partial charge in [-0.3, -0.25) is 0 Å². The largest absolute Gasteiger partial charge is 0.342 e. The van der Waals surface area contributed by atoms with Crippen LogP contribution in [0.4, 0.5) is 20.2 Å². The monoisotopic (exact) mass is 262 g/mol. The minimum absolute atomic E-state index is 0.304. The summed E-state index contributed by atoms with van der Waals surface area (Å²) in [6.07, 6.45) is 0. The number of hydrogen-bond acceptors (Lipinski definition) is 2. The van der Waals surface area contributed by atoms with Crippen molar-refractivity contribution in [1.82, 2.24) is 0 Å². The van der Waals surface area contributed by atoms with E-state index in [4.69, 9.17) is 5.73 Å². The van der Waals surface area contributed by atoms with Crippen molar-refractivity contribution >= 4 is 11.4 Å². The summed E-state index contributed by atoms with van der Waals surface area (Å²) in [5.74, 6) is -0.732. The Morgan fingerprint density at radius 1 is 1.11 bits per heavy atom. The van der Waals surface area contributed by atoms with Gasteiger partial charge in [-0.15, -0.1) is 0 Å².